The molecule has 1 N–H and O–H groups in total. The van der Waals surface area contributed by atoms with E-state index in [9.17, 15) is 9.59 Å². The monoisotopic (exact) mass is 348 g/mol. The summed E-state index contributed by atoms with van der Waals surface area (Å²) in [4.78, 5) is 25.3. The summed E-state index contributed by atoms with van der Waals surface area (Å²) in [6, 6.07) is 7.18. The fraction of sp³-hybridized carbons (Fsp3) is 0.200. The van der Waals surface area contributed by atoms with Crippen LogP contribution in [0.15, 0.2) is 39.6 Å². The van der Waals surface area contributed by atoms with Gasteiger partial charge in [-0.2, -0.15) is 0 Å². The third-order valence-corrected chi connectivity index (χ3v) is 3.86. The van der Waals surface area contributed by atoms with Crippen LogP contribution in [0.25, 0.3) is 0 Å². The van der Waals surface area contributed by atoms with E-state index in [-0.39, 0.29) is 11.8 Å². The summed E-state index contributed by atoms with van der Waals surface area (Å²) in [5.74, 6) is -0.195. The predicted octanol–water partition coefficient (Wildman–Crippen LogP) is 3.20. The van der Waals surface area contributed by atoms with Gasteiger partial charge in [0.05, 0.1) is 5.56 Å². The Bertz CT molecular complexity index is 723. The van der Waals surface area contributed by atoms with Gasteiger partial charge in [0.15, 0.2) is 4.67 Å². The van der Waals surface area contributed by atoms with Gasteiger partial charge in [0, 0.05) is 30.9 Å². The lowest BCUT2D eigenvalue weighted by Gasteiger charge is -2.15. The van der Waals surface area contributed by atoms with E-state index in [2.05, 4.69) is 21.2 Å². The number of anilines is 2. The van der Waals surface area contributed by atoms with E-state index >= 15 is 0 Å². The number of fused-ring (bicyclic) bond motifs is 1. The number of rotatable bonds is 2. The smallest absolute Gasteiger partial charge is 0.258 e. The molecule has 2 amide bonds. The Hall–Kier alpha value is -2.08. The van der Waals surface area contributed by atoms with E-state index < -0.39 is 0 Å². The van der Waals surface area contributed by atoms with Crippen LogP contribution in [-0.4, -0.2) is 18.4 Å². The van der Waals surface area contributed by atoms with E-state index in [0.717, 1.165) is 17.7 Å². The fourth-order valence-corrected chi connectivity index (χ4v) is 2.78. The van der Waals surface area contributed by atoms with E-state index in [4.69, 9.17) is 4.42 Å². The highest BCUT2D eigenvalue weighted by Gasteiger charge is 2.22. The maximum absolute atomic E-state index is 12.0. The number of carbonyl (C=O) groups is 2. The summed E-state index contributed by atoms with van der Waals surface area (Å²) in [6.45, 7) is 2.25. The number of benzene rings is 1. The molecular formula is C15H13BrN2O3. The van der Waals surface area contributed by atoms with Crippen LogP contribution >= 0.6 is 15.9 Å². The third kappa shape index (κ3) is 2.71. The molecule has 0 saturated heterocycles. The molecule has 2 heterocycles. The van der Waals surface area contributed by atoms with E-state index in [1.165, 1.54) is 6.26 Å². The molecule has 21 heavy (non-hydrogen) atoms. The van der Waals surface area contributed by atoms with Crippen LogP contribution in [0.4, 0.5) is 11.4 Å². The van der Waals surface area contributed by atoms with Gasteiger partial charge < -0.3 is 14.6 Å². The van der Waals surface area contributed by atoms with Crippen LogP contribution in [0.2, 0.25) is 0 Å². The average Bonchev–Trinajstić information content (AvgIpc) is 3.04. The molecule has 3 rings (SSSR count). The Morgan fingerprint density at radius 2 is 2.14 bits per heavy atom. The molecule has 1 aliphatic rings. The maximum atomic E-state index is 12.0. The van der Waals surface area contributed by atoms with Crippen molar-refractivity contribution in [1.29, 1.82) is 0 Å². The summed E-state index contributed by atoms with van der Waals surface area (Å²) in [7, 11) is 0. The van der Waals surface area contributed by atoms with Crippen molar-refractivity contribution in [3.05, 3.63) is 46.3 Å². The maximum Gasteiger partial charge on any atom is 0.258 e. The zero-order valence-electron chi connectivity index (χ0n) is 11.4. The summed E-state index contributed by atoms with van der Waals surface area (Å²) in [5, 5.41) is 2.82. The molecule has 0 fully saturated rings. The molecule has 0 unspecified atom stereocenters. The van der Waals surface area contributed by atoms with Crippen molar-refractivity contribution in [1.82, 2.24) is 0 Å². The Morgan fingerprint density at radius 3 is 2.81 bits per heavy atom. The Morgan fingerprint density at radius 1 is 1.33 bits per heavy atom. The Kier molecular flexibility index (Phi) is 3.55. The van der Waals surface area contributed by atoms with Crippen LogP contribution in [0.5, 0.6) is 0 Å². The van der Waals surface area contributed by atoms with Gasteiger partial charge in [-0.15, -0.1) is 0 Å². The molecule has 1 aliphatic heterocycles. The van der Waals surface area contributed by atoms with Gasteiger partial charge in [0.25, 0.3) is 5.91 Å². The molecule has 0 atom stereocenters. The first-order valence-corrected chi connectivity index (χ1v) is 7.30. The molecule has 5 nitrogen and oxygen atoms in total. The topological polar surface area (TPSA) is 62.6 Å². The first-order chi connectivity index (χ1) is 10.0. The van der Waals surface area contributed by atoms with Gasteiger partial charge in [-0.3, -0.25) is 9.59 Å². The first-order valence-electron chi connectivity index (χ1n) is 6.51. The van der Waals surface area contributed by atoms with Gasteiger partial charge in [-0.1, -0.05) is 0 Å². The van der Waals surface area contributed by atoms with Crippen molar-refractivity contribution < 1.29 is 14.0 Å². The Balaban J connectivity index is 1.79. The number of hydrogen-bond donors (Lipinski definition) is 1. The van der Waals surface area contributed by atoms with Crippen LogP contribution in [0.3, 0.4) is 0 Å². The molecule has 1 aromatic heterocycles. The number of nitrogens with one attached hydrogen (secondary N) is 1. The molecule has 0 bridgehead atoms. The summed E-state index contributed by atoms with van der Waals surface area (Å²) < 4.78 is 5.56. The van der Waals surface area contributed by atoms with E-state index in [1.54, 1.807) is 24.0 Å². The Labute approximate surface area is 130 Å². The number of nitrogens with zero attached hydrogens (tertiary/aromatic N) is 1. The molecule has 0 saturated carbocycles. The highest BCUT2D eigenvalue weighted by Crippen LogP contribution is 2.30. The SMILES string of the molecule is CC(=O)N1CCc2cc(NC(=O)c3coc(Br)c3)ccc21. The van der Waals surface area contributed by atoms with Crippen LogP contribution in [0, 0.1) is 0 Å². The molecule has 0 spiro atoms. The lowest BCUT2D eigenvalue weighted by Crippen LogP contribution is -2.25. The van der Waals surface area contributed by atoms with Crippen molar-refractivity contribution in [2.24, 2.45) is 0 Å². The molecule has 108 valence electrons. The minimum atomic E-state index is -0.231. The van der Waals surface area contributed by atoms with Gasteiger partial charge in [0.1, 0.15) is 6.26 Å². The average molecular weight is 349 g/mol. The van der Waals surface area contributed by atoms with Gasteiger partial charge >= 0.3 is 0 Å². The van der Waals surface area contributed by atoms with E-state index in [1.807, 2.05) is 12.1 Å². The molecule has 2 aromatic rings. The van der Waals surface area contributed by atoms with Crippen molar-refractivity contribution in [3.63, 3.8) is 0 Å². The molecule has 0 aliphatic carbocycles. The lowest BCUT2D eigenvalue weighted by atomic mass is 10.1. The third-order valence-electron chi connectivity index (χ3n) is 3.44. The van der Waals surface area contributed by atoms with Crippen molar-refractivity contribution in [3.8, 4) is 0 Å². The largest absolute Gasteiger partial charge is 0.457 e. The van der Waals surface area contributed by atoms with Gasteiger partial charge in [-0.05, 0) is 46.1 Å². The van der Waals surface area contributed by atoms with Gasteiger partial charge in [-0.25, -0.2) is 0 Å². The molecule has 0 radical (unpaired) electrons. The van der Waals surface area contributed by atoms with Crippen LogP contribution in [0.1, 0.15) is 22.8 Å². The zero-order valence-corrected chi connectivity index (χ0v) is 12.9. The molecule has 1 aromatic carbocycles. The zero-order chi connectivity index (χ0) is 15.0. The standard InChI is InChI=1S/C15H13BrN2O3/c1-9(19)18-5-4-10-6-12(2-3-13(10)18)17-15(20)11-7-14(16)21-8-11/h2-3,6-8H,4-5H2,1H3,(H,17,20). The minimum Gasteiger partial charge on any atom is -0.457 e. The predicted molar refractivity (Wildman–Crippen MR) is 82.5 cm³/mol. The number of amides is 2. The van der Waals surface area contributed by atoms with Crippen LogP contribution < -0.4 is 10.2 Å². The van der Waals surface area contributed by atoms with E-state index in [0.29, 0.717) is 22.5 Å². The quantitative estimate of drug-likeness (QED) is 0.906. The number of hydrogen-bond acceptors (Lipinski definition) is 3. The summed E-state index contributed by atoms with van der Waals surface area (Å²) in [5.41, 5.74) is 3.15. The van der Waals surface area contributed by atoms with Crippen molar-refractivity contribution in [2.75, 3.05) is 16.8 Å². The second-order valence-electron chi connectivity index (χ2n) is 4.86. The number of carbonyl (C=O) groups excluding carboxylic acids is 2. The van der Waals surface area contributed by atoms with Crippen molar-refractivity contribution in [2.45, 2.75) is 13.3 Å². The second-order valence-corrected chi connectivity index (χ2v) is 5.64. The first kappa shape index (κ1) is 13.9. The highest BCUT2D eigenvalue weighted by atomic mass is 79.9. The number of halogens is 1. The summed E-state index contributed by atoms with van der Waals surface area (Å²) >= 11 is 3.16. The second kappa shape index (κ2) is 5.37. The van der Waals surface area contributed by atoms with Crippen LogP contribution in [-0.2, 0) is 11.2 Å². The summed E-state index contributed by atoms with van der Waals surface area (Å²) in [6.07, 6.45) is 2.19. The van der Waals surface area contributed by atoms with Gasteiger partial charge in [0.2, 0.25) is 5.91 Å². The molecule has 6 heteroatoms. The fourth-order valence-electron chi connectivity index (χ4n) is 2.44. The molecular weight excluding hydrogens is 336 g/mol. The minimum absolute atomic E-state index is 0.0359. The highest BCUT2D eigenvalue weighted by molar-refractivity contribution is 9.10. The normalized spacial score (nSPS) is 13.1. The van der Waals surface area contributed by atoms with Crippen molar-refractivity contribution >= 4 is 39.1 Å². The lowest BCUT2D eigenvalue weighted by molar-refractivity contribution is -0.116. The number of furan rings is 1.